The molecule has 0 bridgehead atoms. The molecule has 0 radical (unpaired) electrons. The molecule has 76 valence electrons. The van der Waals surface area contributed by atoms with Crippen molar-refractivity contribution >= 4 is 33.3 Å². The second kappa shape index (κ2) is 4.80. The minimum Gasteiger partial charge on any atom is -0.497 e. The van der Waals surface area contributed by atoms with E-state index in [1.807, 2.05) is 0 Å². The maximum Gasteiger partial charge on any atom is 0.180 e. The highest BCUT2D eigenvalue weighted by molar-refractivity contribution is 9.10. The van der Waals surface area contributed by atoms with Crippen molar-refractivity contribution in [3.63, 3.8) is 0 Å². The summed E-state index contributed by atoms with van der Waals surface area (Å²) < 4.78 is 5.84. The van der Waals surface area contributed by atoms with E-state index in [4.69, 9.17) is 16.3 Å². The Morgan fingerprint density at radius 3 is 2.64 bits per heavy atom. The van der Waals surface area contributed by atoms with Crippen molar-refractivity contribution < 1.29 is 9.53 Å². The molecule has 0 heterocycles. The summed E-state index contributed by atoms with van der Waals surface area (Å²) in [6.07, 6.45) is 0. The zero-order chi connectivity index (χ0) is 10.7. The third-order valence-corrected chi connectivity index (χ3v) is 2.41. The van der Waals surface area contributed by atoms with Crippen LogP contribution in [0.25, 0.3) is 0 Å². The van der Waals surface area contributed by atoms with E-state index in [2.05, 4.69) is 15.9 Å². The molecule has 0 aliphatic carbocycles. The van der Waals surface area contributed by atoms with Crippen LogP contribution in [0, 0.1) is 0 Å². The van der Waals surface area contributed by atoms with Gasteiger partial charge in [0.2, 0.25) is 0 Å². The first kappa shape index (κ1) is 11.5. The normalized spacial score (nSPS) is 12.3. The molecule has 0 aliphatic heterocycles. The van der Waals surface area contributed by atoms with E-state index in [1.165, 1.54) is 0 Å². The Morgan fingerprint density at radius 2 is 2.14 bits per heavy atom. The van der Waals surface area contributed by atoms with Crippen molar-refractivity contribution in [2.45, 2.75) is 12.3 Å². The number of carbonyl (C=O) groups excluding carboxylic acids is 1. The molecule has 1 rings (SSSR count). The summed E-state index contributed by atoms with van der Waals surface area (Å²) in [7, 11) is 1.56. The number of benzene rings is 1. The predicted octanol–water partition coefficient (Wildman–Crippen LogP) is 3.27. The summed E-state index contributed by atoms with van der Waals surface area (Å²) in [6.45, 7) is 1.65. The average molecular weight is 278 g/mol. The molecule has 0 fully saturated rings. The largest absolute Gasteiger partial charge is 0.497 e. The zero-order valence-corrected chi connectivity index (χ0v) is 10.2. The van der Waals surface area contributed by atoms with Gasteiger partial charge in [-0.05, 0) is 25.1 Å². The molecule has 1 aromatic rings. The van der Waals surface area contributed by atoms with E-state index in [9.17, 15) is 4.79 Å². The number of alkyl halides is 1. The summed E-state index contributed by atoms with van der Waals surface area (Å²) >= 11 is 9.00. The standard InChI is InChI=1S/C10H10BrClO2/c1-6(12)10(13)7-3-8(11)5-9(4-7)14-2/h3-6H,1-2H3. The van der Waals surface area contributed by atoms with E-state index in [-0.39, 0.29) is 5.78 Å². The van der Waals surface area contributed by atoms with Gasteiger partial charge in [-0.1, -0.05) is 15.9 Å². The molecular formula is C10H10BrClO2. The summed E-state index contributed by atoms with van der Waals surface area (Å²) in [5.74, 6) is 0.534. The topological polar surface area (TPSA) is 26.3 Å². The number of Topliss-reactive ketones (excluding diaryl/α,β-unsaturated/α-hetero) is 1. The van der Waals surface area contributed by atoms with Crippen molar-refractivity contribution in [1.29, 1.82) is 0 Å². The van der Waals surface area contributed by atoms with Gasteiger partial charge in [-0.25, -0.2) is 0 Å². The van der Waals surface area contributed by atoms with Gasteiger partial charge in [0.15, 0.2) is 5.78 Å². The fourth-order valence-electron chi connectivity index (χ4n) is 1.05. The number of methoxy groups -OCH3 is 1. The molecule has 4 heteroatoms. The van der Waals surface area contributed by atoms with Crippen molar-refractivity contribution in [3.05, 3.63) is 28.2 Å². The number of rotatable bonds is 3. The number of carbonyl (C=O) groups is 1. The highest BCUT2D eigenvalue weighted by Gasteiger charge is 2.13. The molecule has 0 aliphatic rings. The molecule has 1 atom stereocenters. The molecular weight excluding hydrogens is 267 g/mol. The van der Waals surface area contributed by atoms with Crippen LogP contribution in [0.3, 0.4) is 0 Å². The van der Waals surface area contributed by atoms with Crippen molar-refractivity contribution in [3.8, 4) is 5.75 Å². The SMILES string of the molecule is COc1cc(Br)cc(C(=O)C(C)Cl)c1. The lowest BCUT2D eigenvalue weighted by Gasteiger charge is -2.06. The van der Waals surface area contributed by atoms with Crippen LogP contribution in [0.4, 0.5) is 0 Å². The van der Waals surface area contributed by atoms with Crippen LogP contribution >= 0.6 is 27.5 Å². The van der Waals surface area contributed by atoms with Crippen molar-refractivity contribution in [2.24, 2.45) is 0 Å². The van der Waals surface area contributed by atoms with Gasteiger partial charge in [0.05, 0.1) is 12.5 Å². The molecule has 2 nitrogen and oxygen atoms in total. The lowest BCUT2D eigenvalue weighted by atomic mass is 10.1. The van der Waals surface area contributed by atoms with E-state index in [0.717, 1.165) is 4.47 Å². The molecule has 0 saturated heterocycles. The highest BCUT2D eigenvalue weighted by Crippen LogP contribution is 2.22. The quantitative estimate of drug-likeness (QED) is 0.626. The van der Waals surface area contributed by atoms with Gasteiger partial charge in [0, 0.05) is 10.0 Å². The summed E-state index contributed by atoms with van der Waals surface area (Å²) in [5.41, 5.74) is 0.554. The Morgan fingerprint density at radius 1 is 1.50 bits per heavy atom. The van der Waals surface area contributed by atoms with Crippen molar-refractivity contribution in [1.82, 2.24) is 0 Å². The summed E-state index contributed by atoms with van der Waals surface area (Å²) in [4.78, 5) is 11.6. The molecule has 0 N–H and O–H groups in total. The average Bonchev–Trinajstić information content (AvgIpc) is 2.15. The van der Waals surface area contributed by atoms with Crippen molar-refractivity contribution in [2.75, 3.05) is 7.11 Å². The maximum absolute atomic E-state index is 11.6. The van der Waals surface area contributed by atoms with Gasteiger partial charge in [0.25, 0.3) is 0 Å². The van der Waals surface area contributed by atoms with Crippen LogP contribution in [0.1, 0.15) is 17.3 Å². The van der Waals surface area contributed by atoms with Crippen LogP contribution in [0.5, 0.6) is 5.75 Å². The first-order chi connectivity index (χ1) is 6.54. The Bertz CT molecular complexity index is 350. The minimum atomic E-state index is -0.519. The lowest BCUT2D eigenvalue weighted by Crippen LogP contribution is -2.10. The first-order valence-corrected chi connectivity index (χ1v) is 5.30. The fraction of sp³-hybridized carbons (Fsp3) is 0.300. The van der Waals surface area contributed by atoms with Crippen LogP contribution in [-0.2, 0) is 0 Å². The van der Waals surface area contributed by atoms with E-state index < -0.39 is 5.38 Å². The molecule has 1 aromatic carbocycles. The lowest BCUT2D eigenvalue weighted by molar-refractivity contribution is 0.0991. The molecule has 0 spiro atoms. The number of halogens is 2. The third-order valence-electron chi connectivity index (χ3n) is 1.75. The number of hydrogen-bond donors (Lipinski definition) is 0. The number of ketones is 1. The molecule has 0 aromatic heterocycles. The summed E-state index contributed by atoms with van der Waals surface area (Å²) in [5, 5.41) is -0.519. The smallest absolute Gasteiger partial charge is 0.180 e. The molecule has 0 amide bonds. The van der Waals surface area contributed by atoms with Gasteiger partial charge in [-0.2, -0.15) is 0 Å². The Kier molecular flexibility index (Phi) is 3.96. The molecule has 0 saturated carbocycles. The third kappa shape index (κ3) is 2.72. The van der Waals surface area contributed by atoms with Gasteiger partial charge in [-0.15, -0.1) is 11.6 Å². The van der Waals surface area contributed by atoms with Gasteiger partial charge < -0.3 is 4.74 Å². The second-order valence-electron chi connectivity index (χ2n) is 2.86. The molecule has 14 heavy (non-hydrogen) atoms. The fourth-order valence-corrected chi connectivity index (χ4v) is 1.65. The van der Waals surface area contributed by atoms with Gasteiger partial charge in [0.1, 0.15) is 5.75 Å². The highest BCUT2D eigenvalue weighted by atomic mass is 79.9. The summed E-state index contributed by atoms with van der Waals surface area (Å²) in [6, 6.07) is 5.19. The van der Waals surface area contributed by atoms with E-state index in [1.54, 1.807) is 32.2 Å². The predicted molar refractivity (Wildman–Crippen MR) is 60.3 cm³/mol. The Labute approximate surface area is 96.3 Å². The van der Waals surface area contributed by atoms with Gasteiger partial charge in [-0.3, -0.25) is 4.79 Å². The second-order valence-corrected chi connectivity index (χ2v) is 4.43. The maximum atomic E-state index is 11.6. The monoisotopic (exact) mass is 276 g/mol. The Balaban J connectivity index is 3.09. The van der Waals surface area contributed by atoms with Crippen LogP contribution in [0.2, 0.25) is 0 Å². The number of ether oxygens (including phenoxy) is 1. The van der Waals surface area contributed by atoms with Crippen LogP contribution in [0.15, 0.2) is 22.7 Å². The minimum absolute atomic E-state index is 0.105. The number of hydrogen-bond acceptors (Lipinski definition) is 2. The van der Waals surface area contributed by atoms with Crippen LogP contribution in [-0.4, -0.2) is 18.3 Å². The van der Waals surface area contributed by atoms with Gasteiger partial charge >= 0.3 is 0 Å². The van der Waals surface area contributed by atoms with E-state index >= 15 is 0 Å². The Hall–Kier alpha value is -0.540. The molecule has 1 unspecified atom stereocenters. The van der Waals surface area contributed by atoms with E-state index in [0.29, 0.717) is 11.3 Å². The van der Waals surface area contributed by atoms with Crippen LogP contribution < -0.4 is 4.74 Å². The zero-order valence-electron chi connectivity index (χ0n) is 7.88. The first-order valence-electron chi connectivity index (χ1n) is 4.07.